The van der Waals surface area contributed by atoms with E-state index in [1.807, 2.05) is 0 Å². The molecule has 0 saturated carbocycles. The summed E-state index contributed by atoms with van der Waals surface area (Å²) in [5.41, 5.74) is 0.952. The number of anilines is 1. The van der Waals surface area contributed by atoms with Crippen molar-refractivity contribution in [1.82, 2.24) is 0 Å². The molecule has 0 heterocycles. The van der Waals surface area contributed by atoms with Crippen molar-refractivity contribution >= 4 is 17.4 Å². The van der Waals surface area contributed by atoms with Crippen LogP contribution < -0.4 is 29.0 Å². The molecule has 0 aliphatic heterocycles. The molecule has 0 fully saturated rings. The third-order valence-electron chi connectivity index (χ3n) is 3.88. The number of hydrogen-bond donors (Lipinski definition) is 1. The molecule has 0 saturated heterocycles. The lowest BCUT2D eigenvalue weighted by atomic mass is 10.1. The number of benzene rings is 2. The third kappa shape index (κ3) is 4.85. The van der Waals surface area contributed by atoms with Gasteiger partial charge in [-0.3, -0.25) is 9.59 Å². The molecule has 0 bridgehead atoms. The monoisotopic (exact) mass is 389 g/mol. The minimum Gasteiger partial charge on any atom is -0.493 e. The zero-order valence-corrected chi connectivity index (χ0v) is 16.5. The summed E-state index contributed by atoms with van der Waals surface area (Å²) in [6, 6.07) is 7.98. The Morgan fingerprint density at radius 3 is 1.93 bits per heavy atom. The molecule has 150 valence electrons. The molecule has 8 nitrogen and oxygen atoms in total. The van der Waals surface area contributed by atoms with Gasteiger partial charge in [-0.1, -0.05) is 0 Å². The van der Waals surface area contributed by atoms with E-state index in [4.69, 9.17) is 23.7 Å². The Hall–Kier alpha value is -3.42. The van der Waals surface area contributed by atoms with E-state index in [1.54, 1.807) is 30.3 Å². The Balaban J connectivity index is 2.10. The van der Waals surface area contributed by atoms with E-state index >= 15 is 0 Å². The van der Waals surface area contributed by atoms with E-state index in [-0.39, 0.29) is 12.4 Å². The molecule has 28 heavy (non-hydrogen) atoms. The fraction of sp³-hybridized carbons (Fsp3) is 0.300. The third-order valence-corrected chi connectivity index (χ3v) is 3.88. The van der Waals surface area contributed by atoms with E-state index in [9.17, 15) is 9.59 Å². The highest BCUT2D eigenvalue weighted by molar-refractivity contribution is 5.95. The van der Waals surface area contributed by atoms with Crippen LogP contribution in [-0.4, -0.2) is 46.7 Å². The van der Waals surface area contributed by atoms with Crippen LogP contribution in [0.25, 0.3) is 0 Å². The quantitative estimate of drug-likeness (QED) is 0.659. The van der Waals surface area contributed by atoms with Crippen molar-refractivity contribution < 1.29 is 33.3 Å². The summed E-state index contributed by atoms with van der Waals surface area (Å²) >= 11 is 0. The van der Waals surface area contributed by atoms with Gasteiger partial charge in [0.25, 0.3) is 5.91 Å². The van der Waals surface area contributed by atoms with E-state index in [0.717, 1.165) is 0 Å². The minimum absolute atomic E-state index is 0.0926. The maximum absolute atomic E-state index is 12.3. The highest BCUT2D eigenvalue weighted by Crippen LogP contribution is 2.39. The second-order valence-electron chi connectivity index (χ2n) is 5.67. The summed E-state index contributed by atoms with van der Waals surface area (Å²) < 4.78 is 26.5. The van der Waals surface area contributed by atoms with Gasteiger partial charge in [-0.05, 0) is 25.1 Å². The number of carbonyl (C=O) groups is 2. The minimum atomic E-state index is -0.396. The van der Waals surface area contributed by atoms with Crippen LogP contribution in [0.15, 0.2) is 30.3 Å². The summed E-state index contributed by atoms with van der Waals surface area (Å²) in [5, 5.41) is 2.71. The smallest absolute Gasteiger partial charge is 0.262 e. The molecule has 0 radical (unpaired) electrons. The van der Waals surface area contributed by atoms with Gasteiger partial charge >= 0.3 is 0 Å². The van der Waals surface area contributed by atoms with Gasteiger partial charge in [0.05, 0.1) is 28.4 Å². The average molecular weight is 389 g/mol. The van der Waals surface area contributed by atoms with Gasteiger partial charge in [0, 0.05) is 23.4 Å². The van der Waals surface area contributed by atoms with Gasteiger partial charge in [0.15, 0.2) is 35.4 Å². The Morgan fingerprint density at radius 2 is 1.43 bits per heavy atom. The van der Waals surface area contributed by atoms with Crippen molar-refractivity contribution in [2.45, 2.75) is 6.92 Å². The van der Waals surface area contributed by atoms with E-state index in [2.05, 4.69) is 5.32 Å². The van der Waals surface area contributed by atoms with E-state index in [0.29, 0.717) is 40.0 Å². The molecule has 2 aromatic rings. The lowest BCUT2D eigenvalue weighted by Crippen LogP contribution is -2.20. The first kappa shape index (κ1) is 20.9. The van der Waals surface area contributed by atoms with Crippen molar-refractivity contribution in [3.8, 4) is 28.7 Å². The van der Waals surface area contributed by atoms with Crippen LogP contribution in [0.3, 0.4) is 0 Å². The number of hydrogen-bond acceptors (Lipinski definition) is 7. The van der Waals surface area contributed by atoms with Crippen molar-refractivity contribution in [1.29, 1.82) is 0 Å². The van der Waals surface area contributed by atoms with Crippen molar-refractivity contribution in [3.05, 3.63) is 35.9 Å². The van der Waals surface area contributed by atoms with Crippen molar-refractivity contribution in [3.63, 3.8) is 0 Å². The predicted octanol–water partition coefficient (Wildman–Crippen LogP) is 2.94. The maximum atomic E-state index is 12.3. The number of rotatable bonds is 9. The van der Waals surface area contributed by atoms with Crippen LogP contribution in [0.2, 0.25) is 0 Å². The SMILES string of the molecule is COc1cc(C(C)=O)ccc1OCC(=O)Nc1cc(OC)c(OC)c(OC)c1. The molecule has 0 aliphatic carbocycles. The number of methoxy groups -OCH3 is 4. The van der Waals surface area contributed by atoms with Crippen LogP contribution in [0.4, 0.5) is 5.69 Å². The maximum Gasteiger partial charge on any atom is 0.262 e. The molecule has 1 N–H and O–H groups in total. The van der Waals surface area contributed by atoms with Gasteiger partial charge in [0.1, 0.15) is 0 Å². The number of Topliss-reactive ketones (excluding diaryl/α,β-unsaturated/α-hetero) is 1. The fourth-order valence-electron chi connectivity index (χ4n) is 2.50. The first-order chi connectivity index (χ1) is 13.4. The number of ether oxygens (including phenoxy) is 5. The molecule has 0 aromatic heterocycles. The summed E-state index contributed by atoms with van der Waals surface area (Å²) in [7, 11) is 5.94. The fourth-order valence-corrected chi connectivity index (χ4v) is 2.50. The highest BCUT2D eigenvalue weighted by Gasteiger charge is 2.15. The standard InChI is InChI=1S/C20H23NO7/c1-12(22)13-6-7-15(16(8-13)24-2)28-11-19(23)21-14-9-17(25-3)20(27-5)18(10-14)26-4/h6-10H,11H2,1-5H3,(H,21,23). The van der Waals surface area contributed by atoms with Crippen LogP contribution in [0.1, 0.15) is 17.3 Å². The Morgan fingerprint density at radius 1 is 0.821 bits per heavy atom. The van der Waals surface area contributed by atoms with Gasteiger partial charge in [-0.25, -0.2) is 0 Å². The second-order valence-corrected chi connectivity index (χ2v) is 5.67. The van der Waals surface area contributed by atoms with Gasteiger partial charge < -0.3 is 29.0 Å². The molecular weight excluding hydrogens is 366 g/mol. The first-order valence-corrected chi connectivity index (χ1v) is 8.35. The molecule has 0 atom stereocenters. The highest BCUT2D eigenvalue weighted by atomic mass is 16.5. The number of amides is 1. The zero-order valence-electron chi connectivity index (χ0n) is 16.5. The molecule has 0 spiro atoms. The summed E-state index contributed by atoms with van der Waals surface area (Å²) in [6.45, 7) is 1.20. The molecule has 0 unspecified atom stereocenters. The Kier molecular flexibility index (Phi) is 7.08. The zero-order chi connectivity index (χ0) is 20.7. The predicted molar refractivity (Wildman–Crippen MR) is 103 cm³/mol. The van der Waals surface area contributed by atoms with Crippen LogP contribution in [-0.2, 0) is 4.79 Å². The largest absolute Gasteiger partial charge is 0.493 e. The first-order valence-electron chi connectivity index (χ1n) is 8.35. The number of nitrogens with one attached hydrogen (secondary N) is 1. The molecule has 8 heteroatoms. The number of carbonyl (C=O) groups excluding carboxylic acids is 2. The lowest BCUT2D eigenvalue weighted by molar-refractivity contribution is -0.118. The topological polar surface area (TPSA) is 92.3 Å². The Labute approximate surface area is 163 Å². The lowest BCUT2D eigenvalue weighted by Gasteiger charge is -2.15. The average Bonchev–Trinajstić information content (AvgIpc) is 2.70. The molecule has 1 amide bonds. The second kappa shape index (κ2) is 9.50. The van der Waals surface area contributed by atoms with Crippen molar-refractivity contribution in [2.75, 3.05) is 40.4 Å². The van der Waals surface area contributed by atoms with Crippen LogP contribution in [0.5, 0.6) is 28.7 Å². The summed E-state index contributed by atoms with van der Waals surface area (Å²) in [5.74, 6) is 1.49. The van der Waals surface area contributed by atoms with Crippen LogP contribution >= 0.6 is 0 Å². The summed E-state index contributed by atoms with van der Waals surface area (Å²) in [6.07, 6.45) is 0. The molecule has 2 aromatic carbocycles. The molecule has 0 aliphatic rings. The van der Waals surface area contributed by atoms with Gasteiger partial charge in [0.2, 0.25) is 5.75 Å². The van der Waals surface area contributed by atoms with E-state index < -0.39 is 5.91 Å². The van der Waals surface area contributed by atoms with Gasteiger partial charge in [-0.2, -0.15) is 0 Å². The molecule has 2 rings (SSSR count). The van der Waals surface area contributed by atoms with Crippen LogP contribution in [0, 0.1) is 0 Å². The normalized spacial score (nSPS) is 10.0. The van der Waals surface area contributed by atoms with Gasteiger partial charge in [-0.15, -0.1) is 0 Å². The number of ketones is 1. The van der Waals surface area contributed by atoms with Crippen molar-refractivity contribution in [2.24, 2.45) is 0 Å². The Bertz CT molecular complexity index is 839. The van der Waals surface area contributed by atoms with E-state index in [1.165, 1.54) is 35.4 Å². The molecular formula is C20H23NO7. The summed E-state index contributed by atoms with van der Waals surface area (Å²) in [4.78, 5) is 23.7.